The molecule has 156 valence electrons. The molecule has 0 atom stereocenters. The minimum absolute atomic E-state index is 0.158. The summed E-state index contributed by atoms with van der Waals surface area (Å²) in [5.41, 5.74) is 5.08. The Balaban J connectivity index is 1.10. The van der Waals surface area contributed by atoms with E-state index in [0.29, 0.717) is 6.42 Å². The van der Waals surface area contributed by atoms with Crippen molar-refractivity contribution in [2.24, 2.45) is 0 Å². The van der Waals surface area contributed by atoms with Crippen molar-refractivity contribution >= 4 is 38.7 Å². The molecule has 2 aliphatic heterocycles. The molecule has 3 heterocycles. The van der Waals surface area contributed by atoms with Gasteiger partial charge in [-0.3, -0.25) is 9.69 Å². The third-order valence-electron chi connectivity index (χ3n) is 6.48. The molecule has 1 fully saturated rings. The van der Waals surface area contributed by atoms with Gasteiger partial charge in [0, 0.05) is 54.1 Å². The summed E-state index contributed by atoms with van der Waals surface area (Å²) in [6.07, 6.45) is 4.91. The Hall–Kier alpha value is -2.37. The normalized spacial score (nSPS) is 17.2. The van der Waals surface area contributed by atoms with Crippen molar-refractivity contribution in [3.8, 4) is 0 Å². The molecule has 1 saturated heterocycles. The molecule has 30 heavy (non-hydrogen) atoms. The van der Waals surface area contributed by atoms with Gasteiger partial charge < -0.3 is 10.2 Å². The Kier molecular flexibility index (Phi) is 5.73. The lowest BCUT2D eigenvalue weighted by Crippen LogP contribution is -2.46. The van der Waals surface area contributed by atoms with Gasteiger partial charge in [-0.2, -0.15) is 0 Å². The maximum absolute atomic E-state index is 11.8. The second-order valence-corrected chi connectivity index (χ2v) is 9.34. The molecule has 0 bridgehead atoms. The monoisotopic (exact) mass is 419 g/mol. The summed E-state index contributed by atoms with van der Waals surface area (Å²) in [6.45, 7) is 5.65. The number of hydrogen-bond donors (Lipinski definition) is 1. The Morgan fingerprint density at radius 1 is 0.933 bits per heavy atom. The molecule has 5 rings (SSSR count). The second-order valence-electron chi connectivity index (χ2n) is 8.39. The van der Waals surface area contributed by atoms with Crippen LogP contribution >= 0.6 is 11.3 Å². The molecular weight excluding hydrogens is 390 g/mol. The number of thiophene rings is 1. The van der Waals surface area contributed by atoms with Gasteiger partial charge in [0.05, 0.1) is 0 Å². The van der Waals surface area contributed by atoms with Crippen LogP contribution in [0.25, 0.3) is 10.1 Å². The number of nitrogens with zero attached hydrogens (tertiary/aromatic N) is 2. The van der Waals surface area contributed by atoms with Crippen molar-refractivity contribution in [1.29, 1.82) is 0 Å². The number of carbonyl (C=O) groups excluding carboxylic acids is 1. The van der Waals surface area contributed by atoms with E-state index in [-0.39, 0.29) is 5.91 Å². The van der Waals surface area contributed by atoms with Gasteiger partial charge in [0.15, 0.2) is 0 Å². The predicted octanol–water partition coefficient (Wildman–Crippen LogP) is 4.93. The van der Waals surface area contributed by atoms with E-state index in [1.165, 1.54) is 39.7 Å². The number of amides is 1. The van der Waals surface area contributed by atoms with Crippen LogP contribution in [0.3, 0.4) is 0 Å². The Morgan fingerprint density at radius 2 is 1.80 bits per heavy atom. The first-order chi connectivity index (χ1) is 14.8. The molecule has 1 aromatic heterocycles. The third kappa shape index (κ3) is 4.09. The number of fused-ring (bicyclic) bond motifs is 2. The van der Waals surface area contributed by atoms with Crippen LogP contribution in [0, 0.1) is 0 Å². The third-order valence-corrected chi connectivity index (χ3v) is 7.36. The Morgan fingerprint density at radius 3 is 2.70 bits per heavy atom. The molecular formula is C25H29N3OS. The summed E-state index contributed by atoms with van der Waals surface area (Å²) in [5.74, 6) is 0.158. The molecule has 2 aromatic carbocycles. The van der Waals surface area contributed by atoms with E-state index in [0.717, 1.165) is 51.3 Å². The average molecular weight is 420 g/mol. The number of nitrogens with one attached hydrogen (secondary N) is 1. The first kappa shape index (κ1) is 19.6. The van der Waals surface area contributed by atoms with Crippen LogP contribution in [0.5, 0.6) is 0 Å². The molecule has 4 nitrogen and oxygen atoms in total. The predicted molar refractivity (Wildman–Crippen MR) is 127 cm³/mol. The van der Waals surface area contributed by atoms with Crippen molar-refractivity contribution in [2.75, 3.05) is 42.9 Å². The largest absolute Gasteiger partial charge is 0.368 e. The van der Waals surface area contributed by atoms with E-state index in [1.54, 1.807) is 0 Å². The van der Waals surface area contributed by atoms with Gasteiger partial charge in [-0.15, -0.1) is 11.3 Å². The van der Waals surface area contributed by atoms with E-state index in [9.17, 15) is 4.79 Å². The molecule has 0 radical (unpaired) electrons. The Bertz CT molecular complexity index is 1040. The average Bonchev–Trinajstić information content (AvgIpc) is 3.26. The molecule has 0 aliphatic carbocycles. The summed E-state index contributed by atoms with van der Waals surface area (Å²) in [6, 6.07) is 15.4. The van der Waals surface area contributed by atoms with Crippen molar-refractivity contribution in [3.05, 3.63) is 59.0 Å². The van der Waals surface area contributed by atoms with Crippen molar-refractivity contribution in [2.45, 2.75) is 32.1 Å². The van der Waals surface area contributed by atoms with E-state index >= 15 is 0 Å². The fourth-order valence-electron chi connectivity index (χ4n) is 4.80. The molecule has 3 aromatic rings. The van der Waals surface area contributed by atoms with Crippen LogP contribution < -0.4 is 10.2 Å². The van der Waals surface area contributed by atoms with Crippen LogP contribution in [0.2, 0.25) is 0 Å². The first-order valence-electron chi connectivity index (χ1n) is 11.1. The van der Waals surface area contributed by atoms with Gasteiger partial charge in [0.25, 0.3) is 0 Å². The minimum atomic E-state index is 0.158. The highest BCUT2D eigenvalue weighted by Gasteiger charge is 2.19. The quantitative estimate of drug-likeness (QED) is 0.576. The van der Waals surface area contributed by atoms with E-state index in [1.807, 2.05) is 11.3 Å². The van der Waals surface area contributed by atoms with E-state index in [2.05, 4.69) is 63.0 Å². The standard InChI is InChI=1S/C25H29N3OS/c29-24-11-10-20-7-3-6-19(25(20)26-24)5-1-2-13-27-14-16-28(17-15-27)22-8-4-9-23-21(22)12-18-30-23/h3-4,6-9,12,18H,1-2,5,10-11,13-17H2,(H,26,29). The fraction of sp³-hybridized carbons (Fsp3) is 0.400. The number of unbranched alkanes of at least 4 members (excludes halogenated alkanes) is 1. The maximum atomic E-state index is 11.8. The molecule has 0 saturated carbocycles. The fourth-order valence-corrected chi connectivity index (χ4v) is 5.61. The second kappa shape index (κ2) is 8.78. The number of anilines is 2. The highest BCUT2D eigenvalue weighted by Crippen LogP contribution is 2.31. The number of piperazine rings is 1. The Labute approximate surface area is 182 Å². The van der Waals surface area contributed by atoms with Crippen molar-refractivity contribution in [1.82, 2.24) is 4.90 Å². The highest BCUT2D eigenvalue weighted by molar-refractivity contribution is 7.17. The maximum Gasteiger partial charge on any atom is 0.224 e. The molecule has 5 heteroatoms. The lowest BCUT2D eigenvalue weighted by Gasteiger charge is -2.36. The SMILES string of the molecule is O=C1CCc2cccc(CCCCN3CCN(c4cccc5sccc45)CC3)c2N1. The van der Waals surface area contributed by atoms with Gasteiger partial charge in [0.2, 0.25) is 5.91 Å². The highest BCUT2D eigenvalue weighted by atomic mass is 32.1. The summed E-state index contributed by atoms with van der Waals surface area (Å²) in [4.78, 5) is 16.9. The molecule has 0 unspecified atom stereocenters. The number of para-hydroxylation sites is 1. The van der Waals surface area contributed by atoms with Gasteiger partial charge in [-0.1, -0.05) is 24.3 Å². The number of benzene rings is 2. The van der Waals surface area contributed by atoms with Gasteiger partial charge in [-0.05, 0) is 66.9 Å². The molecule has 1 N–H and O–H groups in total. The van der Waals surface area contributed by atoms with Crippen LogP contribution in [0.15, 0.2) is 47.8 Å². The molecule has 0 spiro atoms. The summed E-state index contributed by atoms with van der Waals surface area (Å²) < 4.78 is 1.38. The molecule has 1 amide bonds. The summed E-state index contributed by atoms with van der Waals surface area (Å²) in [7, 11) is 0. The molecule has 2 aliphatic rings. The number of aryl methyl sites for hydroxylation is 2. The smallest absolute Gasteiger partial charge is 0.224 e. The van der Waals surface area contributed by atoms with Crippen molar-refractivity contribution in [3.63, 3.8) is 0 Å². The van der Waals surface area contributed by atoms with E-state index in [4.69, 9.17) is 0 Å². The van der Waals surface area contributed by atoms with E-state index < -0.39 is 0 Å². The number of rotatable bonds is 6. The summed E-state index contributed by atoms with van der Waals surface area (Å²) in [5, 5.41) is 6.69. The van der Waals surface area contributed by atoms with Crippen LogP contribution in [-0.4, -0.2) is 43.5 Å². The zero-order chi connectivity index (χ0) is 20.3. The summed E-state index contributed by atoms with van der Waals surface area (Å²) >= 11 is 1.83. The number of carbonyl (C=O) groups is 1. The zero-order valence-electron chi connectivity index (χ0n) is 17.4. The van der Waals surface area contributed by atoms with Crippen molar-refractivity contribution < 1.29 is 4.79 Å². The zero-order valence-corrected chi connectivity index (χ0v) is 18.2. The van der Waals surface area contributed by atoms with Gasteiger partial charge in [0.1, 0.15) is 0 Å². The van der Waals surface area contributed by atoms with Crippen LogP contribution in [-0.2, 0) is 17.6 Å². The van der Waals surface area contributed by atoms with Gasteiger partial charge >= 0.3 is 0 Å². The topological polar surface area (TPSA) is 35.6 Å². The lowest BCUT2D eigenvalue weighted by molar-refractivity contribution is -0.116. The van der Waals surface area contributed by atoms with Gasteiger partial charge in [-0.25, -0.2) is 0 Å². The number of hydrogen-bond acceptors (Lipinski definition) is 4. The lowest BCUT2D eigenvalue weighted by atomic mass is 9.96. The minimum Gasteiger partial charge on any atom is -0.368 e. The first-order valence-corrected chi connectivity index (χ1v) is 12.0. The van der Waals surface area contributed by atoms with Crippen LogP contribution in [0.1, 0.15) is 30.4 Å². The van der Waals surface area contributed by atoms with Crippen LogP contribution in [0.4, 0.5) is 11.4 Å².